The average Bonchev–Trinajstić information content (AvgIpc) is 2.65. The number of halogens is 2. The highest BCUT2D eigenvalue weighted by atomic mass is 32.2. The Kier molecular flexibility index (Phi) is 5.19. The number of anilines is 1. The van der Waals surface area contributed by atoms with Crippen LogP contribution in [0.25, 0.3) is 0 Å². The maximum atomic E-state index is 14.3. The number of carbonyl (C=O) groups is 1. The molecule has 0 radical (unpaired) electrons. The summed E-state index contributed by atoms with van der Waals surface area (Å²) in [5, 5.41) is 2.96. The predicted molar refractivity (Wildman–Crippen MR) is 107 cm³/mol. The van der Waals surface area contributed by atoms with Crippen LogP contribution < -0.4 is 10.9 Å². The normalized spacial score (nSPS) is 15.7. The summed E-state index contributed by atoms with van der Waals surface area (Å²) in [7, 11) is 0. The van der Waals surface area contributed by atoms with Crippen molar-refractivity contribution in [2.24, 2.45) is 0 Å². The molecular formula is C21H17F2N3O2S. The molecule has 5 nitrogen and oxygen atoms in total. The van der Waals surface area contributed by atoms with E-state index in [1.807, 2.05) is 31.2 Å². The summed E-state index contributed by atoms with van der Waals surface area (Å²) in [5.74, 6) is -2.02. The summed E-state index contributed by atoms with van der Waals surface area (Å²) in [6, 6.07) is 11.1. The summed E-state index contributed by atoms with van der Waals surface area (Å²) in [6.07, 6.45) is -0.115. The highest BCUT2D eigenvalue weighted by molar-refractivity contribution is 7.98. The molecule has 2 aromatic carbocycles. The Balaban J connectivity index is 1.67. The molecule has 1 amide bonds. The van der Waals surface area contributed by atoms with Gasteiger partial charge in [-0.25, -0.2) is 13.8 Å². The molecule has 29 heavy (non-hydrogen) atoms. The van der Waals surface area contributed by atoms with E-state index in [0.29, 0.717) is 10.9 Å². The van der Waals surface area contributed by atoms with Crippen LogP contribution in [0.15, 0.2) is 52.4 Å². The lowest BCUT2D eigenvalue weighted by molar-refractivity contribution is -0.116. The van der Waals surface area contributed by atoms with Crippen molar-refractivity contribution in [2.75, 3.05) is 5.32 Å². The van der Waals surface area contributed by atoms with Crippen molar-refractivity contribution in [3.05, 3.63) is 86.7 Å². The second-order valence-electron chi connectivity index (χ2n) is 6.88. The fraction of sp³-hybridized carbons (Fsp3) is 0.190. The third-order valence-corrected chi connectivity index (χ3v) is 5.67. The van der Waals surface area contributed by atoms with E-state index < -0.39 is 23.1 Å². The fourth-order valence-corrected chi connectivity index (χ4v) is 4.23. The van der Waals surface area contributed by atoms with Crippen LogP contribution in [0.3, 0.4) is 0 Å². The van der Waals surface area contributed by atoms with Crippen LogP contribution in [0, 0.1) is 18.6 Å². The first-order chi connectivity index (χ1) is 13.9. The quantitative estimate of drug-likeness (QED) is 0.498. The molecule has 0 aliphatic carbocycles. The predicted octanol–water partition coefficient (Wildman–Crippen LogP) is 4.12. The van der Waals surface area contributed by atoms with E-state index in [-0.39, 0.29) is 29.3 Å². The molecule has 0 fully saturated rings. The van der Waals surface area contributed by atoms with Gasteiger partial charge in [-0.1, -0.05) is 47.7 Å². The zero-order chi connectivity index (χ0) is 20.5. The first-order valence-corrected chi connectivity index (χ1v) is 9.96. The number of benzene rings is 2. The van der Waals surface area contributed by atoms with Gasteiger partial charge in [0, 0.05) is 24.2 Å². The number of carbonyl (C=O) groups excluding carboxylic acids is 1. The van der Waals surface area contributed by atoms with Gasteiger partial charge in [0.05, 0.1) is 5.56 Å². The molecule has 3 aromatic rings. The molecule has 148 valence electrons. The number of thioether (sulfide) groups is 1. The van der Waals surface area contributed by atoms with Crippen molar-refractivity contribution in [1.82, 2.24) is 9.97 Å². The minimum absolute atomic E-state index is 0.0926. The Morgan fingerprint density at radius 1 is 1.17 bits per heavy atom. The van der Waals surface area contributed by atoms with Crippen LogP contribution in [0.2, 0.25) is 0 Å². The van der Waals surface area contributed by atoms with Gasteiger partial charge in [-0.2, -0.15) is 0 Å². The lowest BCUT2D eigenvalue weighted by atomic mass is 9.86. The van der Waals surface area contributed by atoms with E-state index >= 15 is 0 Å². The Hall–Kier alpha value is -3.00. The Morgan fingerprint density at radius 2 is 2.00 bits per heavy atom. The number of nitrogens with one attached hydrogen (secondary N) is 2. The summed E-state index contributed by atoms with van der Waals surface area (Å²) in [5.41, 5.74) is 2.03. The van der Waals surface area contributed by atoms with Crippen molar-refractivity contribution in [3.8, 4) is 0 Å². The minimum atomic E-state index is -0.827. The third-order valence-electron chi connectivity index (χ3n) is 4.73. The van der Waals surface area contributed by atoms with Gasteiger partial charge in [0.15, 0.2) is 5.16 Å². The van der Waals surface area contributed by atoms with Gasteiger partial charge >= 0.3 is 0 Å². The number of aromatic amines is 1. The molecule has 1 aliphatic rings. The Labute approximate surface area is 169 Å². The highest BCUT2D eigenvalue weighted by Gasteiger charge is 2.32. The van der Waals surface area contributed by atoms with Crippen LogP contribution in [0.1, 0.15) is 34.6 Å². The summed E-state index contributed by atoms with van der Waals surface area (Å²) >= 11 is 1.33. The van der Waals surface area contributed by atoms with Gasteiger partial charge in [-0.05, 0) is 24.1 Å². The number of amides is 1. The first-order valence-electron chi connectivity index (χ1n) is 8.98. The summed E-state index contributed by atoms with van der Waals surface area (Å²) < 4.78 is 27.6. The number of hydrogen-bond donors (Lipinski definition) is 2. The number of fused-ring (bicyclic) bond motifs is 1. The topological polar surface area (TPSA) is 74.8 Å². The maximum Gasteiger partial charge on any atom is 0.257 e. The SMILES string of the molecule is Cc1cccc(CSc2nc3c(c(=O)[nH]2)C(c2ccc(F)cc2F)CC(=O)N3)c1. The second kappa shape index (κ2) is 7.79. The van der Waals surface area contributed by atoms with E-state index in [4.69, 9.17) is 0 Å². The van der Waals surface area contributed by atoms with Gasteiger partial charge in [0.2, 0.25) is 5.91 Å². The average molecular weight is 413 g/mol. The van der Waals surface area contributed by atoms with Crippen LogP contribution in [0.5, 0.6) is 0 Å². The van der Waals surface area contributed by atoms with Crippen LogP contribution >= 0.6 is 11.8 Å². The van der Waals surface area contributed by atoms with Crippen LogP contribution in [0.4, 0.5) is 14.6 Å². The smallest absolute Gasteiger partial charge is 0.257 e. The molecule has 0 saturated heterocycles. The monoisotopic (exact) mass is 413 g/mol. The molecule has 0 saturated carbocycles. The van der Waals surface area contributed by atoms with Gasteiger partial charge in [0.25, 0.3) is 5.56 Å². The van der Waals surface area contributed by atoms with Crippen molar-refractivity contribution in [3.63, 3.8) is 0 Å². The Bertz CT molecular complexity index is 1160. The van der Waals surface area contributed by atoms with E-state index in [0.717, 1.165) is 23.3 Å². The molecule has 8 heteroatoms. The number of aromatic nitrogens is 2. The molecule has 2 N–H and O–H groups in total. The van der Waals surface area contributed by atoms with Gasteiger partial charge in [0.1, 0.15) is 17.5 Å². The largest absolute Gasteiger partial charge is 0.310 e. The summed E-state index contributed by atoms with van der Waals surface area (Å²) in [6.45, 7) is 2.00. The molecule has 0 bridgehead atoms. The number of H-pyrrole nitrogens is 1. The van der Waals surface area contributed by atoms with Crippen molar-refractivity contribution in [1.29, 1.82) is 0 Å². The standard InChI is InChI=1S/C21H17F2N3O2S/c1-11-3-2-4-12(7-11)10-29-21-25-19-18(20(28)26-21)15(9-17(27)24-19)14-6-5-13(22)8-16(14)23/h2-8,15H,9-10H2,1H3,(H2,24,25,26,27,28). The molecular weight excluding hydrogens is 396 g/mol. The van der Waals surface area contributed by atoms with Gasteiger partial charge < -0.3 is 10.3 Å². The lowest BCUT2D eigenvalue weighted by Crippen LogP contribution is -2.31. The maximum absolute atomic E-state index is 14.3. The van der Waals surface area contributed by atoms with Crippen LogP contribution in [-0.2, 0) is 10.5 Å². The van der Waals surface area contributed by atoms with Crippen molar-refractivity contribution >= 4 is 23.5 Å². The second-order valence-corrected chi connectivity index (χ2v) is 7.85. The molecule has 1 aromatic heterocycles. The molecule has 1 unspecified atom stereocenters. The number of nitrogens with zero attached hydrogens (tertiary/aromatic N) is 1. The van der Waals surface area contributed by atoms with E-state index in [1.165, 1.54) is 17.8 Å². The number of aryl methyl sites for hydroxylation is 1. The van der Waals surface area contributed by atoms with E-state index in [1.54, 1.807) is 0 Å². The molecule has 1 atom stereocenters. The Morgan fingerprint density at radius 3 is 2.76 bits per heavy atom. The third kappa shape index (κ3) is 4.07. The number of rotatable bonds is 4. The van der Waals surface area contributed by atoms with Crippen molar-refractivity contribution < 1.29 is 13.6 Å². The van der Waals surface area contributed by atoms with Crippen molar-refractivity contribution in [2.45, 2.75) is 30.2 Å². The van der Waals surface area contributed by atoms with Gasteiger partial charge in [-0.15, -0.1) is 0 Å². The first kappa shape index (κ1) is 19.3. The summed E-state index contributed by atoms with van der Waals surface area (Å²) in [4.78, 5) is 32.0. The van der Waals surface area contributed by atoms with E-state index in [9.17, 15) is 18.4 Å². The zero-order valence-corrected chi connectivity index (χ0v) is 16.3. The molecule has 4 rings (SSSR count). The van der Waals surface area contributed by atoms with E-state index in [2.05, 4.69) is 15.3 Å². The molecule has 0 spiro atoms. The van der Waals surface area contributed by atoms with Crippen LogP contribution in [-0.4, -0.2) is 15.9 Å². The highest BCUT2D eigenvalue weighted by Crippen LogP contribution is 2.36. The lowest BCUT2D eigenvalue weighted by Gasteiger charge is -2.24. The van der Waals surface area contributed by atoms with Gasteiger partial charge in [-0.3, -0.25) is 9.59 Å². The molecule has 1 aliphatic heterocycles. The zero-order valence-electron chi connectivity index (χ0n) is 15.5. The number of hydrogen-bond acceptors (Lipinski definition) is 4. The minimum Gasteiger partial charge on any atom is -0.310 e. The fourth-order valence-electron chi connectivity index (χ4n) is 3.42. The molecule has 2 heterocycles.